The van der Waals surface area contributed by atoms with Gasteiger partial charge in [0.15, 0.2) is 5.58 Å². The molecule has 124 valence electrons. The first kappa shape index (κ1) is 15.1. The summed E-state index contributed by atoms with van der Waals surface area (Å²) in [6.07, 6.45) is 4.43. The van der Waals surface area contributed by atoms with Crippen molar-refractivity contribution in [3.8, 4) is 0 Å². The van der Waals surface area contributed by atoms with Crippen molar-refractivity contribution in [2.75, 3.05) is 4.90 Å². The predicted molar refractivity (Wildman–Crippen MR) is 96.5 cm³/mol. The summed E-state index contributed by atoms with van der Waals surface area (Å²) < 4.78 is 19.6. The van der Waals surface area contributed by atoms with Crippen molar-refractivity contribution in [2.24, 2.45) is 0 Å². The lowest BCUT2D eigenvalue weighted by Gasteiger charge is -2.33. The molecule has 1 aliphatic heterocycles. The van der Waals surface area contributed by atoms with Gasteiger partial charge in [0, 0.05) is 35.3 Å². The summed E-state index contributed by atoms with van der Waals surface area (Å²) in [6, 6.07) is 9.31. The van der Waals surface area contributed by atoms with Gasteiger partial charge in [-0.25, -0.2) is 4.39 Å². The van der Waals surface area contributed by atoms with Crippen LogP contribution in [0, 0.1) is 12.7 Å². The second-order valence-corrected chi connectivity index (χ2v) is 6.73. The molecular formula is C20H21FN2O. The highest BCUT2D eigenvalue weighted by Gasteiger charge is 2.28. The van der Waals surface area contributed by atoms with E-state index in [0.717, 1.165) is 27.6 Å². The van der Waals surface area contributed by atoms with Gasteiger partial charge in [-0.2, -0.15) is 0 Å². The van der Waals surface area contributed by atoms with Crippen LogP contribution in [0.1, 0.15) is 26.3 Å². The molecule has 3 nitrogen and oxygen atoms in total. The van der Waals surface area contributed by atoms with Crippen LogP contribution in [0.4, 0.5) is 10.1 Å². The first-order valence-electron chi connectivity index (χ1n) is 8.33. The van der Waals surface area contributed by atoms with E-state index in [-0.39, 0.29) is 12.0 Å². The molecular weight excluding hydrogens is 303 g/mol. The summed E-state index contributed by atoms with van der Waals surface area (Å²) >= 11 is 0. The Morgan fingerprint density at radius 1 is 1.08 bits per heavy atom. The molecule has 4 rings (SSSR count). The van der Waals surface area contributed by atoms with Gasteiger partial charge in [0.25, 0.3) is 0 Å². The number of nitrogens with zero attached hydrogens (tertiary/aromatic N) is 2. The highest BCUT2D eigenvalue weighted by molar-refractivity contribution is 6.09. The molecule has 0 bridgehead atoms. The van der Waals surface area contributed by atoms with Crippen molar-refractivity contribution in [1.29, 1.82) is 0 Å². The van der Waals surface area contributed by atoms with Gasteiger partial charge in [-0.05, 0) is 45.4 Å². The number of anilines is 1. The smallest absolute Gasteiger partial charge is 0.159 e. The van der Waals surface area contributed by atoms with Crippen LogP contribution in [0.3, 0.4) is 0 Å². The molecule has 0 spiro atoms. The zero-order valence-corrected chi connectivity index (χ0v) is 14.4. The van der Waals surface area contributed by atoms with Crippen LogP contribution in [-0.4, -0.2) is 17.1 Å². The summed E-state index contributed by atoms with van der Waals surface area (Å²) in [7, 11) is 0. The quantitative estimate of drug-likeness (QED) is 0.631. The van der Waals surface area contributed by atoms with E-state index in [0.29, 0.717) is 11.6 Å². The average molecular weight is 324 g/mol. The van der Waals surface area contributed by atoms with Gasteiger partial charge in [-0.3, -0.25) is 0 Å². The highest BCUT2D eigenvalue weighted by atomic mass is 19.1. The third kappa shape index (κ3) is 2.09. The predicted octanol–water partition coefficient (Wildman–Crippen LogP) is 5.38. The lowest BCUT2D eigenvalue weighted by Crippen LogP contribution is -2.39. The summed E-state index contributed by atoms with van der Waals surface area (Å²) in [5.74, 6) is -0.278. The second kappa shape index (κ2) is 5.26. The van der Waals surface area contributed by atoms with Gasteiger partial charge >= 0.3 is 0 Å². The molecule has 0 amide bonds. The van der Waals surface area contributed by atoms with Crippen LogP contribution in [0.25, 0.3) is 21.9 Å². The lowest BCUT2D eigenvalue weighted by molar-refractivity contribution is 0.263. The molecule has 0 fully saturated rings. The molecule has 1 aromatic heterocycles. The van der Waals surface area contributed by atoms with Crippen LogP contribution in [-0.2, 0) is 0 Å². The fraction of sp³-hybridized carbons (Fsp3) is 0.300. The average Bonchev–Trinajstić information content (AvgIpc) is 3.07. The summed E-state index contributed by atoms with van der Waals surface area (Å²) in [5, 5.41) is 1.97. The van der Waals surface area contributed by atoms with Crippen molar-refractivity contribution in [3.63, 3.8) is 0 Å². The Labute approximate surface area is 140 Å². The molecule has 0 aliphatic carbocycles. The van der Waals surface area contributed by atoms with Crippen LogP contribution in [0.2, 0.25) is 0 Å². The molecule has 0 saturated carbocycles. The van der Waals surface area contributed by atoms with Gasteiger partial charge in [0.05, 0.1) is 5.69 Å². The number of hydrogen-bond acceptors (Lipinski definition) is 3. The van der Waals surface area contributed by atoms with Crippen molar-refractivity contribution < 1.29 is 8.81 Å². The molecule has 1 aliphatic rings. The third-order valence-corrected chi connectivity index (χ3v) is 4.87. The van der Waals surface area contributed by atoms with E-state index in [9.17, 15) is 4.39 Å². The number of halogens is 1. The minimum absolute atomic E-state index is 0.208. The summed E-state index contributed by atoms with van der Waals surface area (Å²) in [6.45, 7) is 8.63. The van der Waals surface area contributed by atoms with Crippen LogP contribution < -0.4 is 4.90 Å². The maximum atomic E-state index is 13.6. The molecule has 24 heavy (non-hydrogen) atoms. The highest BCUT2D eigenvalue weighted by Crippen LogP contribution is 2.40. The van der Waals surface area contributed by atoms with E-state index in [2.05, 4.69) is 62.0 Å². The maximum Gasteiger partial charge on any atom is 0.159 e. The van der Waals surface area contributed by atoms with E-state index < -0.39 is 0 Å². The van der Waals surface area contributed by atoms with E-state index in [1.165, 1.54) is 12.1 Å². The molecule has 3 aromatic rings. The lowest BCUT2D eigenvalue weighted by atomic mass is 10.1. The molecule has 0 saturated heterocycles. The van der Waals surface area contributed by atoms with Gasteiger partial charge in [0.1, 0.15) is 17.6 Å². The number of benzene rings is 2. The summed E-state index contributed by atoms with van der Waals surface area (Å²) in [5.41, 5.74) is 3.60. The van der Waals surface area contributed by atoms with E-state index in [4.69, 9.17) is 4.42 Å². The first-order valence-corrected chi connectivity index (χ1v) is 8.33. The Hall–Kier alpha value is -2.49. The molecule has 4 heteroatoms. The van der Waals surface area contributed by atoms with Crippen LogP contribution in [0.5, 0.6) is 0 Å². The third-order valence-electron chi connectivity index (χ3n) is 4.87. The molecule has 0 N–H and O–H groups in total. The second-order valence-electron chi connectivity index (χ2n) is 6.73. The van der Waals surface area contributed by atoms with Crippen molar-refractivity contribution in [3.05, 3.63) is 54.1 Å². The normalized spacial score (nSPS) is 17.8. The van der Waals surface area contributed by atoms with Gasteiger partial charge in [-0.15, -0.1) is 0 Å². The fourth-order valence-electron chi connectivity index (χ4n) is 3.63. The Bertz CT molecular complexity index is 957. The molecule has 2 heterocycles. The maximum absolute atomic E-state index is 13.6. The van der Waals surface area contributed by atoms with Crippen molar-refractivity contribution in [2.45, 2.75) is 39.9 Å². The summed E-state index contributed by atoms with van der Waals surface area (Å²) in [4.78, 5) is 4.54. The Morgan fingerprint density at radius 3 is 2.54 bits per heavy atom. The SMILES string of the molecule is Cc1ccc2c(oc3cc(F)ccc32)c1N1C=CN(C(C)C)[C@@H]1C. The van der Waals surface area contributed by atoms with E-state index >= 15 is 0 Å². The minimum atomic E-state index is -0.278. The van der Waals surface area contributed by atoms with Gasteiger partial charge in [-0.1, -0.05) is 12.1 Å². The molecule has 2 aromatic carbocycles. The first-order chi connectivity index (χ1) is 11.5. The molecule has 0 radical (unpaired) electrons. The Kier molecular flexibility index (Phi) is 3.30. The Morgan fingerprint density at radius 2 is 1.83 bits per heavy atom. The van der Waals surface area contributed by atoms with Crippen molar-refractivity contribution in [1.82, 2.24) is 4.90 Å². The van der Waals surface area contributed by atoms with Crippen molar-refractivity contribution >= 4 is 27.6 Å². The zero-order valence-electron chi connectivity index (χ0n) is 14.4. The van der Waals surface area contributed by atoms with Crippen LogP contribution >= 0.6 is 0 Å². The number of rotatable bonds is 2. The van der Waals surface area contributed by atoms with Gasteiger partial charge in [0.2, 0.25) is 0 Å². The van der Waals surface area contributed by atoms with E-state index in [1.54, 1.807) is 6.07 Å². The number of furan rings is 1. The van der Waals surface area contributed by atoms with Crippen LogP contribution in [0.15, 0.2) is 47.1 Å². The number of fused-ring (bicyclic) bond motifs is 3. The molecule has 0 unspecified atom stereocenters. The van der Waals surface area contributed by atoms with Gasteiger partial charge < -0.3 is 14.2 Å². The largest absolute Gasteiger partial charge is 0.454 e. The monoisotopic (exact) mass is 324 g/mol. The topological polar surface area (TPSA) is 19.6 Å². The molecule has 1 atom stereocenters. The zero-order chi connectivity index (χ0) is 17.0. The Balaban J connectivity index is 1.94. The standard InChI is InChI=1S/C20H21FN2O/c1-12(2)22-9-10-23(14(22)4)19-13(3)5-7-17-16-8-6-15(21)11-18(16)24-20(17)19/h5-12,14H,1-4H3/t14-/m0/s1. The minimum Gasteiger partial charge on any atom is -0.454 e. The number of aryl methyl sites for hydroxylation is 1. The fourth-order valence-corrected chi connectivity index (χ4v) is 3.63. The van der Waals surface area contributed by atoms with E-state index in [1.807, 2.05) is 0 Å². The number of hydrogen-bond donors (Lipinski definition) is 0.